The van der Waals surface area contributed by atoms with Gasteiger partial charge in [0.05, 0.1) is 0 Å². The Labute approximate surface area is 118 Å². The summed E-state index contributed by atoms with van der Waals surface area (Å²) < 4.78 is 41.2. The maximum absolute atomic E-state index is 13.4. The van der Waals surface area contributed by atoms with Crippen molar-refractivity contribution in [2.24, 2.45) is 0 Å². The van der Waals surface area contributed by atoms with Gasteiger partial charge in [0.25, 0.3) is 0 Å². The standard InChI is InChI=1S/C12H14F3N3O3/c1-7(19)16-4-5-17-12(20)18-8-2-3-10(9(13)6-8)21-11(14)15/h2-3,6,11H,4-5H2,1H3,(H,16,19)(H2,17,18,20). The zero-order chi connectivity index (χ0) is 15.8. The highest BCUT2D eigenvalue weighted by molar-refractivity contribution is 5.89. The largest absolute Gasteiger partial charge is 0.432 e. The zero-order valence-electron chi connectivity index (χ0n) is 11.1. The Hall–Kier alpha value is -2.45. The number of alkyl halides is 2. The quantitative estimate of drug-likeness (QED) is 0.700. The van der Waals surface area contributed by atoms with Crippen LogP contribution in [-0.4, -0.2) is 31.6 Å². The van der Waals surface area contributed by atoms with E-state index in [4.69, 9.17) is 0 Å². The Bertz CT molecular complexity index is 512. The van der Waals surface area contributed by atoms with Crippen molar-refractivity contribution in [1.29, 1.82) is 0 Å². The highest BCUT2D eigenvalue weighted by Crippen LogP contribution is 2.22. The van der Waals surface area contributed by atoms with Crippen LogP contribution in [0.15, 0.2) is 18.2 Å². The van der Waals surface area contributed by atoms with E-state index in [0.717, 1.165) is 12.1 Å². The highest BCUT2D eigenvalue weighted by Gasteiger charge is 2.11. The molecule has 1 rings (SSSR count). The van der Waals surface area contributed by atoms with Crippen LogP contribution in [0.1, 0.15) is 6.92 Å². The predicted molar refractivity (Wildman–Crippen MR) is 68.7 cm³/mol. The number of hydrogen-bond donors (Lipinski definition) is 3. The second kappa shape index (κ2) is 7.98. The van der Waals surface area contributed by atoms with Gasteiger partial charge >= 0.3 is 12.6 Å². The third kappa shape index (κ3) is 6.50. The molecule has 0 aromatic heterocycles. The number of carbonyl (C=O) groups excluding carboxylic acids is 2. The third-order valence-electron chi connectivity index (χ3n) is 2.19. The van der Waals surface area contributed by atoms with Gasteiger partial charge in [0, 0.05) is 31.8 Å². The zero-order valence-corrected chi connectivity index (χ0v) is 11.1. The Balaban J connectivity index is 2.45. The fourth-order valence-corrected chi connectivity index (χ4v) is 1.36. The monoisotopic (exact) mass is 305 g/mol. The third-order valence-corrected chi connectivity index (χ3v) is 2.19. The number of anilines is 1. The van der Waals surface area contributed by atoms with Crippen molar-refractivity contribution in [3.8, 4) is 5.75 Å². The van der Waals surface area contributed by atoms with Crippen molar-refractivity contribution in [3.63, 3.8) is 0 Å². The minimum absolute atomic E-state index is 0.0751. The Morgan fingerprint density at radius 1 is 1.24 bits per heavy atom. The summed E-state index contributed by atoms with van der Waals surface area (Å²) in [6, 6.07) is 2.43. The molecule has 3 N–H and O–H groups in total. The Morgan fingerprint density at radius 3 is 2.48 bits per heavy atom. The molecule has 0 aliphatic carbocycles. The molecule has 0 unspecified atom stereocenters. The Morgan fingerprint density at radius 2 is 1.90 bits per heavy atom. The van der Waals surface area contributed by atoms with E-state index in [2.05, 4.69) is 20.7 Å². The minimum atomic E-state index is -3.13. The lowest BCUT2D eigenvalue weighted by Gasteiger charge is -2.10. The molecular formula is C12H14F3N3O3. The number of urea groups is 1. The fourth-order valence-electron chi connectivity index (χ4n) is 1.36. The van der Waals surface area contributed by atoms with Crippen LogP contribution in [0.25, 0.3) is 0 Å². The summed E-state index contributed by atoms with van der Waals surface area (Å²) in [5, 5.41) is 7.19. The molecule has 3 amide bonds. The number of amides is 3. The lowest BCUT2D eigenvalue weighted by Crippen LogP contribution is -2.36. The van der Waals surface area contributed by atoms with Gasteiger partial charge < -0.3 is 20.7 Å². The van der Waals surface area contributed by atoms with Gasteiger partial charge in [-0.15, -0.1) is 0 Å². The van der Waals surface area contributed by atoms with Crippen LogP contribution < -0.4 is 20.7 Å². The van der Waals surface area contributed by atoms with E-state index in [9.17, 15) is 22.8 Å². The molecule has 0 radical (unpaired) electrons. The number of carbonyl (C=O) groups is 2. The van der Waals surface area contributed by atoms with Gasteiger partial charge in [0.1, 0.15) is 0 Å². The normalized spacial score (nSPS) is 10.1. The molecule has 0 saturated heterocycles. The van der Waals surface area contributed by atoms with Gasteiger partial charge in [0.2, 0.25) is 5.91 Å². The summed E-state index contributed by atoms with van der Waals surface area (Å²) in [6.07, 6.45) is 0. The van der Waals surface area contributed by atoms with Crippen LogP contribution in [0.3, 0.4) is 0 Å². The first-order valence-electron chi connectivity index (χ1n) is 5.92. The number of rotatable bonds is 6. The molecule has 0 aliphatic rings. The molecule has 21 heavy (non-hydrogen) atoms. The van der Waals surface area contributed by atoms with E-state index in [1.807, 2.05) is 0 Å². The summed E-state index contributed by atoms with van der Waals surface area (Å²) in [7, 11) is 0. The number of nitrogens with one attached hydrogen (secondary N) is 3. The van der Waals surface area contributed by atoms with E-state index in [1.54, 1.807) is 0 Å². The first-order valence-corrected chi connectivity index (χ1v) is 5.92. The average Bonchev–Trinajstić information content (AvgIpc) is 2.37. The first-order chi connectivity index (χ1) is 9.88. The summed E-state index contributed by atoms with van der Waals surface area (Å²) in [6.45, 7) is -1.36. The Kier molecular flexibility index (Phi) is 6.31. The maximum atomic E-state index is 13.4. The van der Waals surface area contributed by atoms with E-state index in [0.29, 0.717) is 0 Å². The van der Waals surface area contributed by atoms with Crippen molar-refractivity contribution in [1.82, 2.24) is 10.6 Å². The van der Waals surface area contributed by atoms with Gasteiger partial charge in [-0.25, -0.2) is 9.18 Å². The van der Waals surface area contributed by atoms with Crippen LogP contribution in [-0.2, 0) is 4.79 Å². The molecule has 1 aromatic rings. The molecular weight excluding hydrogens is 291 g/mol. The summed E-state index contributed by atoms with van der Waals surface area (Å²) in [5.41, 5.74) is 0.0751. The van der Waals surface area contributed by atoms with Crippen molar-refractivity contribution in [2.75, 3.05) is 18.4 Å². The molecule has 0 heterocycles. The smallest absolute Gasteiger partial charge is 0.387 e. The van der Waals surface area contributed by atoms with Crippen LogP contribution in [0.2, 0.25) is 0 Å². The van der Waals surface area contributed by atoms with Crippen molar-refractivity contribution in [3.05, 3.63) is 24.0 Å². The average molecular weight is 305 g/mol. The molecule has 0 spiro atoms. The van der Waals surface area contributed by atoms with Gasteiger partial charge in [-0.2, -0.15) is 8.78 Å². The molecule has 9 heteroatoms. The van der Waals surface area contributed by atoms with Crippen molar-refractivity contribution < 1.29 is 27.5 Å². The van der Waals surface area contributed by atoms with Crippen LogP contribution in [0, 0.1) is 5.82 Å². The van der Waals surface area contributed by atoms with E-state index in [1.165, 1.54) is 13.0 Å². The number of benzene rings is 1. The second-order valence-corrected chi connectivity index (χ2v) is 3.89. The SMILES string of the molecule is CC(=O)NCCNC(=O)Nc1ccc(OC(F)F)c(F)c1. The highest BCUT2D eigenvalue weighted by atomic mass is 19.3. The number of halogens is 3. The topological polar surface area (TPSA) is 79.5 Å². The first kappa shape index (κ1) is 16.6. The summed E-state index contributed by atoms with van der Waals surface area (Å²) in [5.74, 6) is -1.86. The molecule has 0 fully saturated rings. The van der Waals surface area contributed by atoms with Gasteiger partial charge in [-0.05, 0) is 12.1 Å². The van der Waals surface area contributed by atoms with Crippen LogP contribution in [0.4, 0.5) is 23.7 Å². The molecule has 0 aliphatic heterocycles. The lowest BCUT2D eigenvalue weighted by atomic mass is 10.3. The van der Waals surface area contributed by atoms with Gasteiger partial charge in [0.15, 0.2) is 11.6 Å². The van der Waals surface area contributed by atoms with Gasteiger partial charge in [-0.1, -0.05) is 0 Å². The van der Waals surface area contributed by atoms with Crippen LogP contribution >= 0.6 is 0 Å². The molecule has 0 bridgehead atoms. The van der Waals surface area contributed by atoms with Crippen LogP contribution in [0.5, 0.6) is 5.75 Å². The van der Waals surface area contributed by atoms with Crippen molar-refractivity contribution >= 4 is 17.6 Å². The maximum Gasteiger partial charge on any atom is 0.387 e. The van der Waals surface area contributed by atoms with Gasteiger partial charge in [-0.3, -0.25) is 4.79 Å². The summed E-state index contributed by atoms with van der Waals surface area (Å²) >= 11 is 0. The number of hydrogen-bond acceptors (Lipinski definition) is 3. The number of ether oxygens (including phenoxy) is 1. The molecule has 116 valence electrons. The summed E-state index contributed by atoms with van der Waals surface area (Å²) in [4.78, 5) is 22.0. The fraction of sp³-hybridized carbons (Fsp3) is 0.333. The van der Waals surface area contributed by atoms with E-state index in [-0.39, 0.29) is 24.7 Å². The molecule has 0 atom stereocenters. The predicted octanol–water partition coefficient (Wildman–Crippen LogP) is 1.68. The lowest BCUT2D eigenvalue weighted by molar-refractivity contribution is -0.118. The second-order valence-electron chi connectivity index (χ2n) is 3.89. The minimum Gasteiger partial charge on any atom is -0.432 e. The molecule has 1 aromatic carbocycles. The van der Waals surface area contributed by atoms with E-state index < -0.39 is 24.2 Å². The van der Waals surface area contributed by atoms with Crippen molar-refractivity contribution in [2.45, 2.75) is 13.5 Å². The molecule has 0 saturated carbocycles. The molecule has 6 nitrogen and oxygen atoms in total. The van der Waals surface area contributed by atoms with E-state index >= 15 is 0 Å².